The van der Waals surface area contributed by atoms with Gasteiger partial charge in [-0.1, -0.05) is 23.7 Å². The third kappa shape index (κ3) is 3.20. The molecule has 1 heterocycles. The average molecular weight is 428 g/mol. The largest absolute Gasteiger partial charge is 0.402 e. The molecule has 22 heavy (non-hydrogen) atoms. The van der Waals surface area contributed by atoms with Gasteiger partial charge in [-0.15, -0.1) is 0 Å². The van der Waals surface area contributed by atoms with Crippen molar-refractivity contribution in [2.75, 3.05) is 0 Å². The van der Waals surface area contributed by atoms with Gasteiger partial charge in [-0.3, -0.25) is 0 Å². The number of esters is 1. The number of carbonyl (C=O) groups excluding carboxylic acids is 1. The minimum Gasteiger partial charge on any atom is -0.402 e. The van der Waals surface area contributed by atoms with Crippen molar-refractivity contribution in [1.82, 2.24) is 0 Å². The molecule has 0 radical (unpaired) electrons. The number of ether oxygens (including phenoxy) is 1. The van der Waals surface area contributed by atoms with Gasteiger partial charge >= 0.3 is 5.97 Å². The summed E-state index contributed by atoms with van der Waals surface area (Å²) in [5.74, 6) is -0.823. The van der Waals surface area contributed by atoms with Gasteiger partial charge in [0.05, 0.1) is 10.6 Å². The Morgan fingerprint density at radius 1 is 1.23 bits per heavy atom. The smallest absolute Gasteiger partial charge is 0.363 e. The topological polar surface area (TPSA) is 38.7 Å². The van der Waals surface area contributed by atoms with Crippen LogP contribution >= 0.6 is 34.2 Å². The summed E-state index contributed by atoms with van der Waals surface area (Å²) in [5.41, 5.74) is 1.19. The second kappa shape index (κ2) is 6.18. The van der Waals surface area contributed by atoms with E-state index in [2.05, 4.69) is 27.6 Å². The van der Waals surface area contributed by atoms with E-state index in [0.717, 1.165) is 3.57 Å². The fourth-order valence-corrected chi connectivity index (χ4v) is 2.63. The Kier molecular flexibility index (Phi) is 4.26. The molecule has 6 heteroatoms. The number of hydrogen-bond acceptors (Lipinski definition) is 3. The lowest BCUT2D eigenvalue weighted by Gasteiger charge is -2.02. The standard InChI is InChI=1S/C16H8ClFINO2/c17-13-5-4-11(19)8-12(13)15-20-14(16(21)22-15)7-9-2-1-3-10(18)6-9/h1-8H. The molecule has 0 fully saturated rings. The predicted molar refractivity (Wildman–Crippen MR) is 91.2 cm³/mol. The van der Waals surface area contributed by atoms with Gasteiger partial charge in [0.2, 0.25) is 5.90 Å². The molecule has 1 aliphatic heterocycles. The van der Waals surface area contributed by atoms with E-state index in [9.17, 15) is 9.18 Å². The van der Waals surface area contributed by atoms with Crippen LogP contribution in [0.15, 0.2) is 53.2 Å². The first-order valence-electron chi connectivity index (χ1n) is 6.26. The van der Waals surface area contributed by atoms with Crippen LogP contribution < -0.4 is 0 Å². The molecule has 0 saturated carbocycles. The van der Waals surface area contributed by atoms with Gasteiger partial charge in [-0.2, -0.15) is 0 Å². The number of benzene rings is 2. The van der Waals surface area contributed by atoms with Crippen LogP contribution in [0, 0.1) is 9.39 Å². The first-order chi connectivity index (χ1) is 10.5. The highest BCUT2D eigenvalue weighted by atomic mass is 127. The van der Waals surface area contributed by atoms with Gasteiger partial charge in [0.25, 0.3) is 0 Å². The molecule has 0 spiro atoms. The molecule has 0 atom stereocenters. The van der Waals surface area contributed by atoms with E-state index in [4.69, 9.17) is 16.3 Å². The molecule has 0 aliphatic carbocycles. The van der Waals surface area contributed by atoms with Crippen LogP contribution in [0.3, 0.4) is 0 Å². The lowest BCUT2D eigenvalue weighted by Crippen LogP contribution is -2.06. The maximum Gasteiger partial charge on any atom is 0.363 e. The van der Waals surface area contributed by atoms with Crippen molar-refractivity contribution in [3.63, 3.8) is 0 Å². The van der Waals surface area contributed by atoms with Crippen molar-refractivity contribution < 1.29 is 13.9 Å². The zero-order chi connectivity index (χ0) is 15.7. The van der Waals surface area contributed by atoms with Gasteiger partial charge < -0.3 is 4.74 Å². The van der Waals surface area contributed by atoms with Crippen LogP contribution in [0.25, 0.3) is 6.08 Å². The number of nitrogens with zero attached hydrogens (tertiary/aromatic N) is 1. The van der Waals surface area contributed by atoms with E-state index in [0.29, 0.717) is 16.1 Å². The summed E-state index contributed by atoms with van der Waals surface area (Å²) in [6.45, 7) is 0. The Bertz CT molecular complexity index is 833. The molecule has 0 aromatic heterocycles. The molecule has 3 rings (SSSR count). The van der Waals surface area contributed by atoms with E-state index in [1.54, 1.807) is 24.3 Å². The second-order valence-electron chi connectivity index (χ2n) is 4.52. The van der Waals surface area contributed by atoms with Crippen LogP contribution in [-0.4, -0.2) is 11.9 Å². The number of hydrogen-bond donors (Lipinski definition) is 0. The Morgan fingerprint density at radius 2 is 2.05 bits per heavy atom. The lowest BCUT2D eigenvalue weighted by atomic mass is 10.2. The van der Waals surface area contributed by atoms with Crippen LogP contribution in [0.4, 0.5) is 4.39 Å². The molecule has 3 nitrogen and oxygen atoms in total. The SMILES string of the molecule is O=C1OC(c2cc(I)ccc2Cl)=NC1=Cc1cccc(F)c1. The van der Waals surface area contributed by atoms with E-state index >= 15 is 0 Å². The summed E-state index contributed by atoms with van der Waals surface area (Å²) >= 11 is 8.24. The zero-order valence-electron chi connectivity index (χ0n) is 11.0. The minimum atomic E-state index is -0.589. The summed E-state index contributed by atoms with van der Waals surface area (Å²) in [6, 6.07) is 11.2. The summed E-state index contributed by atoms with van der Waals surface area (Å²) < 4.78 is 19.3. The number of rotatable bonds is 2. The van der Waals surface area contributed by atoms with Crippen LogP contribution in [-0.2, 0) is 9.53 Å². The molecule has 0 bridgehead atoms. The number of aliphatic imine (C=N–C) groups is 1. The van der Waals surface area contributed by atoms with Gasteiger partial charge in [0, 0.05) is 3.57 Å². The molecule has 110 valence electrons. The fourth-order valence-electron chi connectivity index (χ4n) is 1.94. The van der Waals surface area contributed by atoms with Crippen LogP contribution in [0.1, 0.15) is 11.1 Å². The van der Waals surface area contributed by atoms with Crippen molar-refractivity contribution in [2.45, 2.75) is 0 Å². The molecular weight excluding hydrogens is 420 g/mol. The van der Waals surface area contributed by atoms with Crippen molar-refractivity contribution in [3.8, 4) is 0 Å². The first-order valence-corrected chi connectivity index (χ1v) is 7.72. The van der Waals surface area contributed by atoms with E-state index < -0.39 is 5.97 Å². The maximum atomic E-state index is 13.2. The van der Waals surface area contributed by atoms with E-state index in [1.165, 1.54) is 18.2 Å². The van der Waals surface area contributed by atoms with Crippen molar-refractivity contribution in [3.05, 3.63) is 73.7 Å². The Labute approximate surface area is 144 Å². The summed E-state index contributed by atoms with van der Waals surface area (Å²) in [7, 11) is 0. The molecular formula is C16H8ClFINO2. The fraction of sp³-hybridized carbons (Fsp3) is 0. The highest BCUT2D eigenvalue weighted by molar-refractivity contribution is 14.1. The minimum absolute atomic E-state index is 0.107. The zero-order valence-corrected chi connectivity index (χ0v) is 13.9. The molecule has 2 aromatic carbocycles. The molecule has 2 aromatic rings. The van der Waals surface area contributed by atoms with Gasteiger partial charge in [-0.05, 0) is 64.6 Å². The third-order valence-electron chi connectivity index (χ3n) is 2.93. The highest BCUT2D eigenvalue weighted by Crippen LogP contribution is 2.25. The monoisotopic (exact) mass is 427 g/mol. The lowest BCUT2D eigenvalue weighted by molar-refractivity contribution is -0.129. The van der Waals surface area contributed by atoms with Gasteiger partial charge in [-0.25, -0.2) is 14.2 Å². The van der Waals surface area contributed by atoms with Gasteiger partial charge in [0.1, 0.15) is 5.82 Å². The van der Waals surface area contributed by atoms with E-state index in [1.807, 2.05) is 6.07 Å². The van der Waals surface area contributed by atoms with Gasteiger partial charge in [0.15, 0.2) is 5.70 Å². The molecule has 0 N–H and O–H groups in total. The Morgan fingerprint density at radius 3 is 2.82 bits per heavy atom. The molecule has 0 saturated heterocycles. The number of cyclic esters (lactones) is 1. The van der Waals surface area contributed by atoms with Crippen LogP contribution in [0.5, 0.6) is 0 Å². The van der Waals surface area contributed by atoms with Crippen molar-refractivity contribution >= 4 is 52.1 Å². The Balaban J connectivity index is 2.00. The number of halogens is 3. The summed E-state index contributed by atoms with van der Waals surface area (Å²) in [5, 5.41) is 0.443. The third-order valence-corrected chi connectivity index (χ3v) is 3.93. The second-order valence-corrected chi connectivity index (χ2v) is 6.17. The normalized spacial score (nSPS) is 15.9. The Hall–Kier alpha value is -1.73. The van der Waals surface area contributed by atoms with Crippen molar-refractivity contribution in [2.24, 2.45) is 4.99 Å². The molecule has 0 unspecified atom stereocenters. The van der Waals surface area contributed by atoms with Crippen molar-refractivity contribution in [1.29, 1.82) is 0 Å². The summed E-state index contributed by atoms with van der Waals surface area (Å²) in [4.78, 5) is 16.1. The number of carbonyl (C=O) groups is 1. The quantitative estimate of drug-likeness (QED) is 0.404. The summed E-state index contributed by atoms with van der Waals surface area (Å²) in [6.07, 6.45) is 1.47. The predicted octanol–water partition coefficient (Wildman–Crippen LogP) is 4.43. The average Bonchev–Trinajstić information content (AvgIpc) is 2.83. The maximum absolute atomic E-state index is 13.2. The molecule has 0 amide bonds. The van der Waals surface area contributed by atoms with Crippen LogP contribution in [0.2, 0.25) is 5.02 Å². The molecule has 1 aliphatic rings. The highest BCUT2D eigenvalue weighted by Gasteiger charge is 2.25. The van der Waals surface area contributed by atoms with E-state index in [-0.39, 0.29) is 17.4 Å². The first kappa shape index (κ1) is 15.2.